The van der Waals surface area contributed by atoms with Gasteiger partial charge < -0.3 is 26.9 Å². The minimum Gasteiger partial charge on any atom is -1.00 e. The third-order valence-electron chi connectivity index (χ3n) is 3.35. The Morgan fingerprint density at radius 2 is 1.77 bits per heavy atom. The summed E-state index contributed by atoms with van der Waals surface area (Å²) in [7, 11) is 3.26. The van der Waals surface area contributed by atoms with E-state index < -0.39 is 0 Å². The molecule has 0 saturated carbocycles. The molecular weight excluding hydrogens is 368 g/mol. The van der Waals surface area contributed by atoms with Gasteiger partial charge >= 0.3 is 0 Å². The standard InChI is InChI=1S/C16H15BrN2O2.ClH/c1-20-14-7-10(11(17)9-15(14)21-2)8-16-18-12-5-3-4-6-13(12)19-16;/h3-7,9H,8H2,1-2H3,(H,18,19);1H/p-1. The highest BCUT2D eigenvalue weighted by molar-refractivity contribution is 9.10. The number of H-pyrrole nitrogens is 1. The van der Waals surface area contributed by atoms with Crippen LogP contribution in [-0.4, -0.2) is 24.2 Å². The number of aromatic nitrogens is 2. The normalized spacial score (nSPS) is 10.3. The lowest BCUT2D eigenvalue weighted by molar-refractivity contribution is -0.00000484. The molecule has 0 aliphatic carbocycles. The van der Waals surface area contributed by atoms with Crippen molar-refractivity contribution >= 4 is 27.0 Å². The van der Waals surface area contributed by atoms with Gasteiger partial charge in [0.2, 0.25) is 0 Å². The first-order valence-corrected chi connectivity index (χ1v) is 7.34. The SMILES string of the molecule is COc1cc(Br)c(Cc2nc3ccccc3[nH]2)cc1OC.[Cl-]. The van der Waals surface area contributed by atoms with Crippen molar-refractivity contribution in [2.24, 2.45) is 0 Å². The number of halogens is 2. The third kappa shape index (κ3) is 3.20. The fraction of sp³-hybridized carbons (Fsp3) is 0.188. The summed E-state index contributed by atoms with van der Waals surface area (Å²) >= 11 is 3.58. The number of nitrogens with zero attached hydrogens (tertiary/aromatic N) is 1. The summed E-state index contributed by atoms with van der Waals surface area (Å²) in [6.45, 7) is 0. The maximum absolute atomic E-state index is 5.35. The molecule has 0 bridgehead atoms. The summed E-state index contributed by atoms with van der Waals surface area (Å²) < 4.78 is 11.6. The van der Waals surface area contributed by atoms with Crippen LogP contribution in [0.5, 0.6) is 11.5 Å². The van der Waals surface area contributed by atoms with Crippen LogP contribution in [0, 0.1) is 0 Å². The Bertz CT molecular complexity index is 756. The Hall–Kier alpha value is -1.72. The lowest BCUT2D eigenvalue weighted by atomic mass is 10.1. The van der Waals surface area contributed by atoms with Gasteiger partial charge in [-0.05, 0) is 29.8 Å². The van der Waals surface area contributed by atoms with E-state index in [9.17, 15) is 0 Å². The van der Waals surface area contributed by atoms with Gasteiger partial charge in [0.1, 0.15) is 5.82 Å². The quantitative estimate of drug-likeness (QED) is 0.730. The van der Waals surface area contributed by atoms with E-state index in [-0.39, 0.29) is 12.4 Å². The molecule has 22 heavy (non-hydrogen) atoms. The molecule has 1 N–H and O–H groups in total. The average molecular weight is 383 g/mol. The predicted octanol–water partition coefficient (Wildman–Crippen LogP) is 0.937. The molecule has 0 amide bonds. The molecule has 0 spiro atoms. The highest BCUT2D eigenvalue weighted by atomic mass is 79.9. The molecule has 0 fully saturated rings. The molecule has 0 atom stereocenters. The van der Waals surface area contributed by atoms with Crippen LogP contribution in [0.2, 0.25) is 0 Å². The summed E-state index contributed by atoms with van der Waals surface area (Å²) in [6, 6.07) is 11.9. The molecule has 3 rings (SSSR count). The average Bonchev–Trinajstić information content (AvgIpc) is 2.91. The van der Waals surface area contributed by atoms with E-state index in [1.165, 1.54) is 0 Å². The lowest BCUT2D eigenvalue weighted by Crippen LogP contribution is -3.00. The van der Waals surface area contributed by atoms with E-state index in [2.05, 4.69) is 25.9 Å². The van der Waals surface area contributed by atoms with E-state index >= 15 is 0 Å². The number of nitrogens with one attached hydrogen (secondary N) is 1. The molecule has 0 unspecified atom stereocenters. The summed E-state index contributed by atoms with van der Waals surface area (Å²) in [5.41, 5.74) is 3.11. The van der Waals surface area contributed by atoms with Crippen LogP contribution < -0.4 is 21.9 Å². The Kier molecular flexibility index (Phi) is 5.32. The number of benzene rings is 2. The van der Waals surface area contributed by atoms with Gasteiger partial charge in [0.25, 0.3) is 0 Å². The third-order valence-corrected chi connectivity index (χ3v) is 4.09. The first-order valence-electron chi connectivity index (χ1n) is 6.55. The maximum Gasteiger partial charge on any atom is 0.161 e. The summed E-state index contributed by atoms with van der Waals surface area (Å²) in [6.07, 6.45) is 0.690. The topological polar surface area (TPSA) is 47.1 Å². The van der Waals surface area contributed by atoms with Crippen LogP contribution in [0.15, 0.2) is 40.9 Å². The molecule has 116 valence electrons. The van der Waals surface area contributed by atoms with Gasteiger partial charge in [-0.25, -0.2) is 4.98 Å². The van der Waals surface area contributed by atoms with Crippen molar-refractivity contribution in [3.8, 4) is 11.5 Å². The lowest BCUT2D eigenvalue weighted by Gasteiger charge is -2.11. The van der Waals surface area contributed by atoms with Gasteiger partial charge in [0.15, 0.2) is 11.5 Å². The minimum atomic E-state index is 0. The number of para-hydroxylation sites is 2. The molecule has 0 saturated heterocycles. The predicted molar refractivity (Wildman–Crippen MR) is 86.1 cm³/mol. The zero-order valence-corrected chi connectivity index (χ0v) is 14.5. The van der Waals surface area contributed by atoms with Crippen molar-refractivity contribution < 1.29 is 21.9 Å². The van der Waals surface area contributed by atoms with Crippen molar-refractivity contribution in [1.29, 1.82) is 0 Å². The van der Waals surface area contributed by atoms with E-state index in [0.29, 0.717) is 17.9 Å². The van der Waals surface area contributed by atoms with Crippen LogP contribution in [0.4, 0.5) is 0 Å². The molecule has 0 radical (unpaired) electrons. The molecule has 0 aliphatic heterocycles. The van der Waals surface area contributed by atoms with Crippen molar-refractivity contribution in [2.45, 2.75) is 6.42 Å². The molecule has 1 heterocycles. The van der Waals surface area contributed by atoms with Gasteiger partial charge in [0.05, 0.1) is 25.3 Å². The highest BCUT2D eigenvalue weighted by Gasteiger charge is 2.11. The molecule has 0 aliphatic rings. The Balaban J connectivity index is 0.00000176. The second-order valence-electron chi connectivity index (χ2n) is 4.68. The first-order chi connectivity index (χ1) is 10.2. The van der Waals surface area contributed by atoms with Crippen LogP contribution in [0.1, 0.15) is 11.4 Å². The molecule has 4 nitrogen and oxygen atoms in total. The number of methoxy groups -OCH3 is 2. The van der Waals surface area contributed by atoms with Gasteiger partial charge in [-0.3, -0.25) is 0 Å². The Labute approximate surface area is 143 Å². The second kappa shape index (κ2) is 7.03. The summed E-state index contributed by atoms with van der Waals surface area (Å²) in [5, 5.41) is 0. The highest BCUT2D eigenvalue weighted by Crippen LogP contribution is 2.34. The number of ether oxygens (including phenoxy) is 2. The van der Waals surface area contributed by atoms with Gasteiger partial charge in [-0.15, -0.1) is 0 Å². The fourth-order valence-electron chi connectivity index (χ4n) is 2.30. The summed E-state index contributed by atoms with van der Waals surface area (Å²) in [5.74, 6) is 2.34. The number of rotatable bonds is 4. The van der Waals surface area contributed by atoms with Crippen LogP contribution in [0.25, 0.3) is 11.0 Å². The second-order valence-corrected chi connectivity index (χ2v) is 5.53. The number of fused-ring (bicyclic) bond motifs is 1. The zero-order valence-electron chi connectivity index (χ0n) is 12.2. The fourth-order valence-corrected chi connectivity index (χ4v) is 2.76. The van der Waals surface area contributed by atoms with Crippen molar-refractivity contribution in [3.05, 3.63) is 52.3 Å². The number of hydrogen-bond acceptors (Lipinski definition) is 3. The van der Waals surface area contributed by atoms with Crippen LogP contribution in [-0.2, 0) is 6.42 Å². The monoisotopic (exact) mass is 381 g/mol. The van der Waals surface area contributed by atoms with E-state index in [4.69, 9.17) is 9.47 Å². The largest absolute Gasteiger partial charge is 1.00 e. The first kappa shape index (κ1) is 16.6. The molecule has 1 aromatic heterocycles. The molecular formula is C16H15BrClN2O2-. The van der Waals surface area contributed by atoms with Crippen LogP contribution in [0.3, 0.4) is 0 Å². The van der Waals surface area contributed by atoms with E-state index in [1.54, 1.807) is 14.2 Å². The number of aromatic amines is 1. The number of hydrogen-bond donors (Lipinski definition) is 1. The zero-order chi connectivity index (χ0) is 14.8. The Morgan fingerprint density at radius 1 is 1.09 bits per heavy atom. The molecule has 2 aromatic carbocycles. The summed E-state index contributed by atoms with van der Waals surface area (Å²) in [4.78, 5) is 7.93. The molecule has 3 aromatic rings. The smallest absolute Gasteiger partial charge is 0.161 e. The van der Waals surface area contributed by atoms with Crippen molar-refractivity contribution in [3.63, 3.8) is 0 Å². The van der Waals surface area contributed by atoms with Gasteiger partial charge in [-0.1, -0.05) is 28.1 Å². The Morgan fingerprint density at radius 3 is 2.45 bits per heavy atom. The van der Waals surface area contributed by atoms with E-state index in [0.717, 1.165) is 26.9 Å². The molecule has 6 heteroatoms. The minimum absolute atomic E-state index is 0. The van der Waals surface area contributed by atoms with Crippen molar-refractivity contribution in [2.75, 3.05) is 14.2 Å². The number of imidazole rings is 1. The van der Waals surface area contributed by atoms with Gasteiger partial charge in [0, 0.05) is 10.9 Å². The van der Waals surface area contributed by atoms with Crippen molar-refractivity contribution in [1.82, 2.24) is 9.97 Å². The van der Waals surface area contributed by atoms with E-state index in [1.807, 2.05) is 36.4 Å². The maximum atomic E-state index is 5.35. The van der Waals surface area contributed by atoms with Crippen LogP contribution >= 0.6 is 15.9 Å². The van der Waals surface area contributed by atoms with Gasteiger partial charge in [-0.2, -0.15) is 0 Å².